The Hall–Kier alpha value is -1.17. The molecule has 1 aliphatic rings. The monoisotopic (exact) mass is 351 g/mol. The van der Waals surface area contributed by atoms with Crippen LogP contribution in [0.3, 0.4) is 0 Å². The molecule has 1 saturated heterocycles. The third kappa shape index (κ3) is 4.26. The van der Waals surface area contributed by atoms with E-state index in [9.17, 15) is 8.42 Å². The highest BCUT2D eigenvalue weighted by Gasteiger charge is 2.39. The summed E-state index contributed by atoms with van der Waals surface area (Å²) in [5.41, 5.74) is 0.495. The average molecular weight is 352 g/mol. The number of nitrogens with zero attached hydrogens (tertiary/aromatic N) is 1. The fraction of sp³-hybridized carbons (Fsp3) is 0.579. The second-order valence-corrected chi connectivity index (χ2v) is 9.22. The zero-order valence-electron chi connectivity index (χ0n) is 15.2. The minimum absolute atomic E-state index is 0.0492. The second kappa shape index (κ2) is 7.38. The Balaban J connectivity index is 2.34. The van der Waals surface area contributed by atoms with Crippen LogP contribution in [0.2, 0.25) is 0 Å². The van der Waals surface area contributed by atoms with Crippen molar-refractivity contribution in [2.24, 2.45) is 5.92 Å². The van der Waals surface area contributed by atoms with Crippen molar-refractivity contribution in [3.8, 4) is 0 Å². The van der Waals surface area contributed by atoms with Crippen LogP contribution in [0.1, 0.15) is 39.2 Å². The van der Waals surface area contributed by atoms with Gasteiger partial charge in [0, 0.05) is 13.1 Å². The van der Waals surface area contributed by atoms with Gasteiger partial charge in [0.1, 0.15) is 0 Å². The zero-order valence-corrected chi connectivity index (χ0v) is 16.0. The lowest BCUT2D eigenvalue weighted by Gasteiger charge is -2.34. The van der Waals surface area contributed by atoms with Gasteiger partial charge in [-0.3, -0.25) is 0 Å². The van der Waals surface area contributed by atoms with Crippen LogP contribution in [-0.2, 0) is 14.8 Å². The Bertz CT molecular complexity index is 666. The van der Waals surface area contributed by atoms with Gasteiger partial charge >= 0.3 is 0 Å². The molecule has 0 N–H and O–H groups in total. The molecule has 1 fully saturated rings. The average Bonchev–Trinajstić information content (AvgIpc) is 2.68. The first kappa shape index (κ1) is 19.2. The number of rotatable bonds is 5. The molecule has 5 heteroatoms. The van der Waals surface area contributed by atoms with E-state index in [4.69, 9.17) is 4.74 Å². The maximum absolute atomic E-state index is 13.1. The fourth-order valence-electron chi connectivity index (χ4n) is 3.14. The molecule has 0 saturated carbocycles. The summed E-state index contributed by atoms with van der Waals surface area (Å²) in [6.45, 7) is 12.8. The topological polar surface area (TPSA) is 46.6 Å². The normalized spacial score (nSPS) is 26.3. The smallest absolute Gasteiger partial charge is 0.243 e. The fourth-order valence-corrected chi connectivity index (χ4v) is 4.70. The summed E-state index contributed by atoms with van der Waals surface area (Å²) in [6.07, 6.45) is 3.18. The molecule has 0 radical (unpaired) electrons. The maximum atomic E-state index is 13.1. The Morgan fingerprint density at radius 2 is 2.00 bits per heavy atom. The van der Waals surface area contributed by atoms with Gasteiger partial charge in [0.15, 0.2) is 0 Å². The first-order valence-corrected chi connectivity index (χ1v) is 9.97. The molecule has 0 bridgehead atoms. The molecule has 0 unspecified atom stereocenters. The van der Waals surface area contributed by atoms with Gasteiger partial charge in [-0.25, -0.2) is 8.42 Å². The van der Waals surface area contributed by atoms with E-state index in [-0.39, 0.29) is 6.10 Å². The van der Waals surface area contributed by atoms with Crippen molar-refractivity contribution in [2.45, 2.75) is 57.1 Å². The molecule has 1 aromatic rings. The summed E-state index contributed by atoms with van der Waals surface area (Å²) in [5.74, 6) is 0.344. The highest BCUT2D eigenvalue weighted by atomic mass is 32.2. The summed E-state index contributed by atoms with van der Waals surface area (Å²) in [4.78, 5) is 0.344. The second-order valence-electron chi connectivity index (χ2n) is 7.28. The number of aryl methyl sites for hydroxylation is 1. The van der Waals surface area contributed by atoms with E-state index in [1.165, 1.54) is 0 Å². The summed E-state index contributed by atoms with van der Waals surface area (Å²) >= 11 is 0. The van der Waals surface area contributed by atoms with Crippen molar-refractivity contribution in [1.29, 1.82) is 0 Å². The molecule has 0 aromatic heterocycles. The summed E-state index contributed by atoms with van der Waals surface area (Å²) < 4.78 is 34.0. The van der Waals surface area contributed by atoms with Gasteiger partial charge in [0.2, 0.25) is 10.0 Å². The molecule has 2 atom stereocenters. The SMILES string of the molecule is C=CC[C@@]1(C)CN(S(=O)(=O)c2ccc(C)cc2)CC[C@H](C(C)C)O1. The molecule has 1 aromatic carbocycles. The van der Waals surface area contributed by atoms with E-state index in [2.05, 4.69) is 20.4 Å². The van der Waals surface area contributed by atoms with Gasteiger partial charge in [0.05, 0.1) is 16.6 Å². The minimum Gasteiger partial charge on any atom is -0.370 e. The predicted molar refractivity (Wildman–Crippen MR) is 97.5 cm³/mol. The molecule has 1 aliphatic heterocycles. The Labute approximate surface area is 146 Å². The molecule has 0 amide bonds. The summed E-state index contributed by atoms with van der Waals surface area (Å²) in [5, 5.41) is 0. The lowest BCUT2D eigenvalue weighted by Crippen LogP contribution is -2.44. The van der Waals surface area contributed by atoms with Crippen LogP contribution in [0.4, 0.5) is 0 Å². The van der Waals surface area contributed by atoms with Gasteiger partial charge < -0.3 is 4.74 Å². The highest BCUT2D eigenvalue weighted by Crippen LogP contribution is 2.31. The number of hydrogen-bond donors (Lipinski definition) is 0. The Morgan fingerprint density at radius 3 is 2.54 bits per heavy atom. The summed E-state index contributed by atoms with van der Waals surface area (Å²) in [6, 6.07) is 7.03. The standard InChI is InChI=1S/C19H29NO3S/c1-6-12-19(5)14-20(13-11-18(23-19)15(2)3)24(21,22)17-9-7-16(4)8-10-17/h6-10,15,18H,1,11-14H2,2-5H3/t18-,19+/m1/s1. The molecule has 2 rings (SSSR count). The third-order valence-corrected chi connectivity index (χ3v) is 6.45. The first-order valence-electron chi connectivity index (χ1n) is 8.53. The lowest BCUT2D eigenvalue weighted by atomic mass is 10.0. The van der Waals surface area contributed by atoms with Crippen LogP contribution in [-0.4, -0.2) is 37.5 Å². The van der Waals surface area contributed by atoms with Crippen molar-refractivity contribution in [3.63, 3.8) is 0 Å². The largest absolute Gasteiger partial charge is 0.370 e. The third-order valence-electron chi connectivity index (χ3n) is 4.59. The van der Waals surface area contributed by atoms with Crippen LogP contribution < -0.4 is 0 Å². The van der Waals surface area contributed by atoms with Crippen LogP contribution >= 0.6 is 0 Å². The molecular weight excluding hydrogens is 322 g/mol. The van der Waals surface area contributed by atoms with Crippen LogP contribution in [0.5, 0.6) is 0 Å². The lowest BCUT2D eigenvalue weighted by molar-refractivity contribution is -0.0902. The molecule has 0 spiro atoms. The van der Waals surface area contributed by atoms with Crippen molar-refractivity contribution >= 4 is 10.0 Å². The van der Waals surface area contributed by atoms with Gasteiger partial charge in [0.25, 0.3) is 0 Å². The van der Waals surface area contributed by atoms with Crippen molar-refractivity contribution in [3.05, 3.63) is 42.5 Å². The van der Waals surface area contributed by atoms with Gasteiger partial charge in [-0.05, 0) is 44.7 Å². The van der Waals surface area contributed by atoms with Crippen molar-refractivity contribution in [1.82, 2.24) is 4.31 Å². The predicted octanol–water partition coefficient (Wildman–Crippen LogP) is 3.77. The van der Waals surface area contributed by atoms with E-state index in [0.717, 1.165) is 5.56 Å². The van der Waals surface area contributed by atoms with E-state index in [1.807, 2.05) is 26.0 Å². The van der Waals surface area contributed by atoms with Gasteiger partial charge in [-0.1, -0.05) is 37.6 Å². The van der Waals surface area contributed by atoms with Crippen molar-refractivity contribution < 1.29 is 13.2 Å². The number of benzene rings is 1. The quantitative estimate of drug-likeness (QED) is 0.759. The molecule has 24 heavy (non-hydrogen) atoms. The molecule has 134 valence electrons. The van der Waals surface area contributed by atoms with Crippen molar-refractivity contribution in [2.75, 3.05) is 13.1 Å². The van der Waals surface area contributed by atoms with E-state index >= 15 is 0 Å². The molecule has 4 nitrogen and oxygen atoms in total. The van der Waals surface area contributed by atoms with Gasteiger partial charge in [-0.15, -0.1) is 6.58 Å². The van der Waals surface area contributed by atoms with Crippen LogP contribution in [0, 0.1) is 12.8 Å². The Kier molecular flexibility index (Phi) is 5.89. The van der Waals surface area contributed by atoms with Crippen LogP contribution in [0.25, 0.3) is 0 Å². The summed E-state index contributed by atoms with van der Waals surface area (Å²) in [7, 11) is -3.52. The minimum atomic E-state index is -3.52. The number of hydrogen-bond acceptors (Lipinski definition) is 3. The van der Waals surface area contributed by atoms with Gasteiger partial charge in [-0.2, -0.15) is 4.31 Å². The zero-order chi connectivity index (χ0) is 18.0. The van der Waals surface area contributed by atoms with E-state index < -0.39 is 15.6 Å². The molecule has 0 aliphatic carbocycles. The number of sulfonamides is 1. The maximum Gasteiger partial charge on any atom is 0.243 e. The first-order chi connectivity index (χ1) is 11.2. The van der Waals surface area contributed by atoms with Crippen LogP contribution in [0.15, 0.2) is 41.8 Å². The number of ether oxygens (including phenoxy) is 1. The Morgan fingerprint density at radius 1 is 1.38 bits per heavy atom. The molecule has 1 heterocycles. The molecular formula is C19H29NO3S. The van der Waals surface area contributed by atoms with E-state index in [1.54, 1.807) is 22.5 Å². The highest BCUT2D eigenvalue weighted by molar-refractivity contribution is 7.89. The van der Waals surface area contributed by atoms with E-state index in [0.29, 0.717) is 36.7 Å².